The molecule has 0 saturated heterocycles. The van der Waals surface area contributed by atoms with E-state index in [0.29, 0.717) is 13.0 Å². The van der Waals surface area contributed by atoms with E-state index in [1.165, 1.54) is 11.1 Å². The van der Waals surface area contributed by atoms with Gasteiger partial charge in [0.2, 0.25) is 0 Å². The van der Waals surface area contributed by atoms with Crippen LogP contribution in [0.2, 0.25) is 0 Å². The van der Waals surface area contributed by atoms with Gasteiger partial charge in [-0.05, 0) is 65.7 Å². The molecule has 0 atom stereocenters. The number of ether oxygens (including phenoxy) is 1. The highest BCUT2D eigenvalue weighted by Gasteiger charge is 2.04. The van der Waals surface area contributed by atoms with Crippen LogP contribution in [0, 0.1) is 0 Å². The molecule has 0 unspecified atom stereocenters. The molecular formula is C18H33NO2. The summed E-state index contributed by atoms with van der Waals surface area (Å²) in [4.78, 5) is 13.9. The SMILES string of the molecule is CCN(CC)CCCC(=O)OC/C=C(\C)CCC=C(C)C. The van der Waals surface area contributed by atoms with Crippen molar-refractivity contribution in [2.75, 3.05) is 26.2 Å². The number of rotatable bonds is 11. The summed E-state index contributed by atoms with van der Waals surface area (Å²) in [5.74, 6) is -0.0875. The minimum absolute atomic E-state index is 0.0875. The van der Waals surface area contributed by atoms with E-state index in [4.69, 9.17) is 4.74 Å². The van der Waals surface area contributed by atoms with E-state index in [1.807, 2.05) is 6.08 Å². The van der Waals surface area contributed by atoms with Crippen molar-refractivity contribution < 1.29 is 9.53 Å². The number of hydrogen-bond acceptors (Lipinski definition) is 3. The first-order valence-electron chi connectivity index (χ1n) is 8.16. The van der Waals surface area contributed by atoms with Crippen LogP contribution in [0.5, 0.6) is 0 Å². The number of carbonyl (C=O) groups is 1. The maximum absolute atomic E-state index is 11.6. The predicted octanol–water partition coefficient (Wildman–Crippen LogP) is 4.34. The first-order chi connectivity index (χ1) is 9.99. The Bertz CT molecular complexity index is 337. The van der Waals surface area contributed by atoms with Crippen LogP contribution >= 0.6 is 0 Å². The van der Waals surface area contributed by atoms with E-state index in [2.05, 4.69) is 45.6 Å². The van der Waals surface area contributed by atoms with Gasteiger partial charge in [0.25, 0.3) is 0 Å². The molecule has 0 aromatic carbocycles. The molecule has 0 aliphatic rings. The Morgan fingerprint density at radius 1 is 1.05 bits per heavy atom. The van der Waals surface area contributed by atoms with Crippen LogP contribution in [0.15, 0.2) is 23.3 Å². The summed E-state index contributed by atoms with van der Waals surface area (Å²) in [6.45, 7) is 14.1. The molecule has 0 saturated carbocycles. The van der Waals surface area contributed by atoms with E-state index in [0.717, 1.165) is 38.9 Å². The molecule has 0 aromatic heterocycles. The van der Waals surface area contributed by atoms with E-state index in [-0.39, 0.29) is 5.97 Å². The number of hydrogen-bond donors (Lipinski definition) is 0. The lowest BCUT2D eigenvalue weighted by Crippen LogP contribution is -2.24. The van der Waals surface area contributed by atoms with Crippen LogP contribution < -0.4 is 0 Å². The van der Waals surface area contributed by atoms with Crippen molar-refractivity contribution in [2.24, 2.45) is 0 Å². The monoisotopic (exact) mass is 295 g/mol. The molecule has 0 radical (unpaired) electrons. The average Bonchev–Trinajstić information content (AvgIpc) is 2.43. The van der Waals surface area contributed by atoms with E-state index < -0.39 is 0 Å². The van der Waals surface area contributed by atoms with Gasteiger partial charge in [-0.15, -0.1) is 0 Å². The first kappa shape index (κ1) is 19.9. The third-order valence-electron chi connectivity index (χ3n) is 3.52. The molecule has 0 aliphatic carbocycles. The standard InChI is InChI=1S/C18H33NO2/c1-6-19(7-2)14-9-12-18(20)21-15-13-17(5)11-8-10-16(3)4/h10,13H,6-9,11-12,14-15H2,1-5H3/b17-13+. The fourth-order valence-electron chi connectivity index (χ4n) is 2.03. The molecule has 21 heavy (non-hydrogen) atoms. The lowest BCUT2D eigenvalue weighted by Gasteiger charge is -2.17. The summed E-state index contributed by atoms with van der Waals surface area (Å²) in [6.07, 6.45) is 7.73. The van der Waals surface area contributed by atoms with Crippen molar-refractivity contribution in [1.29, 1.82) is 0 Å². The van der Waals surface area contributed by atoms with Crippen molar-refractivity contribution in [3.05, 3.63) is 23.3 Å². The number of allylic oxidation sites excluding steroid dienone is 3. The van der Waals surface area contributed by atoms with E-state index in [1.54, 1.807) is 0 Å². The molecular weight excluding hydrogens is 262 g/mol. The summed E-state index contributed by atoms with van der Waals surface area (Å²) < 4.78 is 5.24. The molecule has 122 valence electrons. The highest BCUT2D eigenvalue weighted by molar-refractivity contribution is 5.69. The van der Waals surface area contributed by atoms with Gasteiger partial charge in [0, 0.05) is 6.42 Å². The van der Waals surface area contributed by atoms with Gasteiger partial charge in [0.15, 0.2) is 0 Å². The normalized spacial score (nSPS) is 11.6. The Labute approximate surface area is 131 Å². The number of esters is 1. The molecule has 3 heteroatoms. The Balaban J connectivity index is 3.75. The summed E-state index contributed by atoms with van der Waals surface area (Å²) in [5, 5.41) is 0. The zero-order chi connectivity index (χ0) is 16.1. The zero-order valence-electron chi connectivity index (χ0n) is 14.6. The second-order valence-electron chi connectivity index (χ2n) is 5.68. The summed E-state index contributed by atoms with van der Waals surface area (Å²) in [7, 11) is 0. The van der Waals surface area contributed by atoms with Gasteiger partial charge in [0.1, 0.15) is 6.61 Å². The molecule has 0 N–H and O–H groups in total. The van der Waals surface area contributed by atoms with Crippen LogP contribution in [0.4, 0.5) is 0 Å². The van der Waals surface area contributed by atoms with Gasteiger partial charge in [-0.3, -0.25) is 4.79 Å². The molecule has 0 amide bonds. The largest absolute Gasteiger partial charge is 0.461 e. The van der Waals surface area contributed by atoms with Gasteiger partial charge in [0.05, 0.1) is 0 Å². The second-order valence-corrected chi connectivity index (χ2v) is 5.68. The topological polar surface area (TPSA) is 29.5 Å². The molecule has 0 heterocycles. The molecule has 0 aromatic rings. The minimum atomic E-state index is -0.0875. The summed E-state index contributed by atoms with van der Waals surface area (Å²) in [5.41, 5.74) is 2.63. The van der Waals surface area contributed by atoms with Gasteiger partial charge < -0.3 is 9.64 Å². The van der Waals surface area contributed by atoms with Crippen LogP contribution in [-0.4, -0.2) is 37.1 Å². The number of nitrogens with zero attached hydrogens (tertiary/aromatic N) is 1. The quantitative estimate of drug-likeness (QED) is 0.419. The van der Waals surface area contributed by atoms with Gasteiger partial charge in [-0.2, -0.15) is 0 Å². The maximum Gasteiger partial charge on any atom is 0.306 e. The van der Waals surface area contributed by atoms with Crippen LogP contribution in [0.3, 0.4) is 0 Å². The molecule has 0 bridgehead atoms. The summed E-state index contributed by atoms with van der Waals surface area (Å²) in [6, 6.07) is 0. The third-order valence-corrected chi connectivity index (χ3v) is 3.52. The van der Waals surface area contributed by atoms with Gasteiger partial charge in [-0.1, -0.05) is 31.1 Å². The van der Waals surface area contributed by atoms with Crippen LogP contribution in [0.1, 0.15) is 60.3 Å². The maximum atomic E-state index is 11.6. The lowest BCUT2D eigenvalue weighted by atomic mass is 10.1. The van der Waals surface area contributed by atoms with Crippen molar-refractivity contribution in [1.82, 2.24) is 4.90 Å². The molecule has 0 spiro atoms. The highest BCUT2D eigenvalue weighted by Crippen LogP contribution is 2.06. The van der Waals surface area contributed by atoms with E-state index in [9.17, 15) is 4.79 Å². The molecule has 0 fully saturated rings. The van der Waals surface area contributed by atoms with Crippen molar-refractivity contribution in [2.45, 2.75) is 60.3 Å². The lowest BCUT2D eigenvalue weighted by molar-refractivity contribution is -0.142. The van der Waals surface area contributed by atoms with Crippen molar-refractivity contribution in [3.63, 3.8) is 0 Å². The Hall–Kier alpha value is -1.09. The fourth-order valence-corrected chi connectivity index (χ4v) is 2.03. The average molecular weight is 295 g/mol. The van der Waals surface area contributed by atoms with Gasteiger partial charge >= 0.3 is 5.97 Å². The summed E-state index contributed by atoms with van der Waals surface area (Å²) >= 11 is 0. The molecule has 0 rings (SSSR count). The predicted molar refractivity (Wildman–Crippen MR) is 90.4 cm³/mol. The Morgan fingerprint density at radius 2 is 1.71 bits per heavy atom. The van der Waals surface area contributed by atoms with Gasteiger partial charge in [-0.25, -0.2) is 0 Å². The zero-order valence-corrected chi connectivity index (χ0v) is 14.6. The number of carbonyl (C=O) groups excluding carboxylic acids is 1. The smallest absolute Gasteiger partial charge is 0.306 e. The molecule has 3 nitrogen and oxygen atoms in total. The fraction of sp³-hybridized carbons (Fsp3) is 0.722. The minimum Gasteiger partial charge on any atom is -0.461 e. The molecule has 0 aliphatic heterocycles. The highest BCUT2D eigenvalue weighted by atomic mass is 16.5. The van der Waals surface area contributed by atoms with Crippen LogP contribution in [0.25, 0.3) is 0 Å². The van der Waals surface area contributed by atoms with Crippen LogP contribution in [-0.2, 0) is 9.53 Å². The van der Waals surface area contributed by atoms with Crippen molar-refractivity contribution in [3.8, 4) is 0 Å². The third kappa shape index (κ3) is 12.4. The van der Waals surface area contributed by atoms with Crippen molar-refractivity contribution >= 4 is 5.97 Å². The second kappa shape index (κ2) is 12.6. The Kier molecular flexibility index (Phi) is 12.0. The first-order valence-corrected chi connectivity index (χ1v) is 8.16. The Morgan fingerprint density at radius 3 is 2.29 bits per heavy atom. The van der Waals surface area contributed by atoms with E-state index >= 15 is 0 Å².